The Morgan fingerprint density at radius 1 is 1.44 bits per heavy atom. The molecule has 1 amide bonds. The molecule has 0 aliphatic carbocycles. The van der Waals surface area contributed by atoms with E-state index in [0.717, 1.165) is 10.9 Å². The number of nitrogens with one attached hydrogen (secondary N) is 1. The number of carbonyl (C=O) groups is 1. The van der Waals surface area contributed by atoms with Gasteiger partial charge in [-0.25, -0.2) is 0 Å². The van der Waals surface area contributed by atoms with Gasteiger partial charge in [0.05, 0.1) is 10.6 Å². The van der Waals surface area contributed by atoms with Crippen LogP contribution in [0.2, 0.25) is 5.02 Å². The number of amides is 1. The molecule has 0 aliphatic rings. The molecule has 1 N–H and O–H groups in total. The van der Waals surface area contributed by atoms with Gasteiger partial charge in [0.25, 0.3) is 5.91 Å². The molecule has 2 aromatic rings. The van der Waals surface area contributed by atoms with E-state index in [1.807, 2.05) is 17.5 Å². The molecule has 0 bridgehead atoms. The second kappa shape index (κ2) is 5.87. The second-order valence-corrected chi connectivity index (χ2v) is 6.00. The zero-order valence-electron chi connectivity index (χ0n) is 9.67. The van der Waals surface area contributed by atoms with E-state index in [1.54, 1.807) is 23.5 Å². The minimum atomic E-state index is -0.107. The number of anilines is 1. The summed E-state index contributed by atoms with van der Waals surface area (Å²) >= 11 is 10.9. The Balaban J connectivity index is 2.13. The summed E-state index contributed by atoms with van der Waals surface area (Å²) in [5, 5.41) is 5.27. The van der Waals surface area contributed by atoms with Gasteiger partial charge in [-0.1, -0.05) is 18.5 Å². The number of aryl methyl sites for hydroxylation is 1. The molecule has 0 radical (unpaired) electrons. The van der Waals surface area contributed by atoms with Crippen molar-refractivity contribution in [3.05, 3.63) is 49.6 Å². The normalized spacial score (nSPS) is 10.4. The molecule has 0 unspecified atom stereocenters. The van der Waals surface area contributed by atoms with E-state index in [1.165, 1.54) is 4.88 Å². The number of thiophene rings is 1. The zero-order valence-corrected chi connectivity index (χ0v) is 12.8. The molecule has 1 heterocycles. The molecular formula is C13H11BrClNOS. The van der Waals surface area contributed by atoms with Crippen LogP contribution in [0.1, 0.15) is 22.2 Å². The predicted octanol–water partition coefficient (Wildman–Crippen LogP) is 4.98. The van der Waals surface area contributed by atoms with E-state index in [4.69, 9.17) is 11.6 Å². The molecule has 0 atom stereocenters. The summed E-state index contributed by atoms with van der Waals surface area (Å²) in [5.41, 5.74) is 1.38. The fourth-order valence-corrected chi connectivity index (χ4v) is 2.70. The molecule has 5 heteroatoms. The van der Waals surface area contributed by atoms with Crippen LogP contribution in [0.3, 0.4) is 0 Å². The molecule has 0 spiro atoms. The van der Waals surface area contributed by atoms with Crippen LogP contribution < -0.4 is 5.32 Å². The van der Waals surface area contributed by atoms with Crippen LogP contribution in [0.15, 0.2) is 34.1 Å². The Kier molecular flexibility index (Phi) is 4.43. The lowest BCUT2D eigenvalue weighted by atomic mass is 10.2. The van der Waals surface area contributed by atoms with Crippen molar-refractivity contribution in [2.24, 2.45) is 0 Å². The van der Waals surface area contributed by atoms with E-state index in [-0.39, 0.29) is 5.91 Å². The number of benzene rings is 1. The van der Waals surface area contributed by atoms with Crippen LogP contribution in [0.5, 0.6) is 0 Å². The van der Waals surface area contributed by atoms with Gasteiger partial charge in [-0.3, -0.25) is 4.79 Å². The van der Waals surface area contributed by atoms with E-state index < -0.39 is 0 Å². The van der Waals surface area contributed by atoms with Crippen LogP contribution in [0.4, 0.5) is 5.69 Å². The lowest BCUT2D eigenvalue weighted by Gasteiger charge is -2.05. The van der Waals surface area contributed by atoms with Gasteiger partial charge in [-0.15, -0.1) is 11.3 Å². The Morgan fingerprint density at radius 2 is 2.22 bits per heavy atom. The van der Waals surface area contributed by atoms with E-state index in [0.29, 0.717) is 16.3 Å². The van der Waals surface area contributed by atoms with Crippen molar-refractivity contribution in [1.82, 2.24) is 0 Å². The standard InChI is InChI=1S/C13H11BrClNOS/c1-2-10-5-8(7-18-10)13(17)16-9-3-4-11(14)12(15)6-9/h3-7H,2H2,1H3,(H,16,17). The molecule has 18 heavy (non-hydrogen) atoms. The Labute approximate surface area is 123 Å². The summed E-state index contributed by atoms with van der Waals surface area (Å²) in [6.07, 6.45) is 0.946. The summed E-state index contributed by atoms with van der Waals surface area (Å²) < 4.78 is 0.811. The molecule has 0 saturated heterocycles. The van der Waals surface area contributed by atoms with Crippen molar-refractivity contribution in [3.8, 4) is 0 Å². The number of carbonyl (C=O) groups excluding carboxylic acids is 1. The zero-order chi connectivity index (χ0) is 13.1. The summed E-state index contributed by atoms with van der Waals surface area (Å²) in [7, 11) is 0. The Hall–Kier alpha value is -0.840. The molecule has 2 nitrogen and oxygen atoms in total. The van der Waals surface area contributed by atoms with E-state index in [9.17, 15) is 4.79 Å². The minimum absolute atomic E-state index is 0.107. The van der Waals surface area contributed by atoms with Crippen LogP contribution in [0.25, 0.3) is 0 Å². The molecule has 94 valence electrons. The lowest BCUT2D eigenvalue weighted by molar-refractivity contribution is 0.102. The van der Waals surface area contributed by atoms with Gasteiger partial charge < -0.3 is 5.32 Å². The van der Waals surface area contributed by atoms with Gasteiger partial charge >= 0.3 is 0 Å². The summed E-state index contributed by atoms with van der Waals surface area (Å²) in [5.74, 6) is -0.107. The average molecular weight is 345 g/mol. The van der Waals surface area contributed by atoms with Crippen molar-refractivity contribution in [1.29, 1.82) is 0 Å². The van der Waals surface area contributed by atoms with Gasteiger partial charge in [0, 0.05) is 20.4 Å². The van der Waals surface area contributed by atoms with Crippen molar-refractivity contribution in [3.63, 3.8) is 0 Å². The molecule has 0 fully saturated rings. The third kappa shape index (κ3) is 3.13. The van der Waals surface area contributed by atoms with Crippen molar-refractivity contribution in [2.45, 2.75) is 13.3 Å². The van der Waals surface area contributed by atoms with Crippen LogP contribution >= 0.6 is 38.9 Å². The smallest absolute Gasteiger partial charge is 0.256 e. The number of halogens is 2. The molecule has 1 aromatic carbocycles. The van der Waals surface area contributed by atoms with Gasteiger partial charge in [-0.05, 0) is 46.6 Å². The molecule has 1 aromatic heterocycles. The predicted molar refractivity (Wildman–Crippen MR) is 80.8 cm³/mol. The Bertz CT molecular complexity index is 582. The number of hydrogen-bond donors (Lipinski definition) is 1. The fourth-order valence-electron chi connectivity index (χ4n) is 1.46. The quantitative estimate of drug-likeness (QED) is 0.836. The fraction of sp³-hybridized carbons (Fsp3) is 0.154. The maximum absolute atomic E-state index is 12.0. The van der Waals surface area contributed by atoms with Crippen molar-refractivity contribution >= 4 is 50.5 Å². The maximum atomic E-state index is 12.0. The van der Waals surface area contributed by atoms with E-state index in [2.05, 4.69) is 28.2 Å². The third-order valence-corrected chi connectivity index (χ3v) is 4.76. The summed E-state index contributed by atoms with van der Waals surface area (Å²) in [4.78, 5) is 13.2. The SMILES string of the molecule is CCc1cc(C(=O)Nc2ccc(Br)c(Cl)c2)cs1. The third-order valence-electron chi connectivity index (χ3n) is 2.44. The first-order chi connectivity index (χ1) is 8.60. The van der Waals surface area contributed by atoms with Gasteiger partial charge in [-0.2, -0.15) is 0 Å². The number of hydrogen-bond acceptors (Lipinski definition) is 2. The highest BCUT2D eigenvalue weighted by molar-refractivity contribution is 9.10. The van der Waals surface area contributed by atoms with Gasteiger partial charge in [0.2, 0.25) is 0 Å². The van der Waals surface area contributed by atoms with Crippen molar-refractivity contribution < 1.29 is 4.79 Å². The molecule has 2 rings (SSSR count). The first-order valence-electron chi connectivity index (χ1n) is 5.44. The molecule has 0 aliphatic heterocycles. The summed E-state index contributed by atoms with van der Waals surface area (Å²) in [6.45, 7) is 2.07. The monoisotopic (exact) mass is 343 g/mol. The van der Waals surface area contributed by atoms with Crippen molar-refractivity contribution in [2.75, 3.05) is 5.32 Å². The van der Waals surface area contributed by atoms with Crippen LogP contribution in [-0.2, 0) is 6.42 Å². The van der Waals surface area contributed by atoms with Gasteiger partial charge in [0.1, 0.15) is 0 Å². The number of rotatable bonds is 3. The topological polar surface area (TPSA) is 29.1 Å². The minimum Gasteiger partial charge on any atom is -0.322 e. The highest BCUT2D eigenvalue weighted by Gasteiger charge is 2.09. The largest absolute Gasteiger partial charge is 0.322 e. The second-order valence-electron chi connectivity index (χ2n) is 3.74. The first kappa shape index (κ1) is 13.6. The highest BCUT2D eigenvalue weighted by atomic mass is 79.9. The van der Waals surface area contributed by atoms with Crippen LogP contribution in [0, 0.1) is 0 Å². The Morgan fingerprint density at radius 3 is 2.83 bits per heavy atom. The van der Waals surface area contributed by atoms with Crippen LogP contribution in [-0.4, -0.2) is 5.91 Å². The summed E-state index contributed by atoms with van der Waals surface area (Å²) in [6, 6.07) is 7.25. The molecular weight excluding hydrogens is 334 g/mol. The average Bonchev–Trinajstić information content (AvgIpc) is 2.82. The maximum Gasteiger partial charge on any atom is 0.256 e. The first-order valence-corrected chi connectivity index (χ1v) is 7.49. The lowest BCUT2D eigenvalue weighted by Crippen LogP contribution is -2.10. The molecule has 0 saturated carbocycles. The van der Waals surface area contributed by atoms with Gasteiger partial charge in [0.15, 0.2) is 0 Å². The van der Waals surface area contributed by atoms with E-state index >= 15 is 0 Å². The highest BCUT2D eigenvalue weighted by Crippen LogP contribution is 2.26.